The predicted octanol–water partition coefficient (Wildman–Crippen LogP) is 2.57. The van der Waals surface area contributed by atoms with Crippen LogP contribution in [0, 0.1) is 18.8 Å². The van der Waals surface area contributed by atoms with Crippen LogP contribution in [0.15, 0.2) is 24.3 Å². The highest BCUT2D eigenvalue weighted by atomic mass is 16.5. The van der Waals surface area contributed by atoms with Crippen LogP contribution in [-0.4, -0.2) is 50.7 Å². The van der Waals surface area contributed by atoms with Crippen LogP contribution in [0.3, 0.4) is 0 Å². The summed E-state index contributed by atoms with van der Waals surface area (Å²) < 4.78 is 5.14. The fourth-order valence-electron chi connectivity index (χ4n) is 3.76. The summed E-state index contributed by atoms with van der Waals surface area (Å²) in [6.45, 7) is 7.03. The van der Waals surface area contributed by atoms with E-state index in [1.807, 2.05) is 0 Å². The van der Waals surface area contributed by atoms with Crippen LogP contribution >= 0.6 is 0 Å². The number of nitrogens with one attached hydrogen (secondary N) is 1. The van der Waals surface area contributed by atoms with Gasteiger partial charge in [-0.05, 0) is 56.7 Å². The minimum atomic E-state index is 0.189. The van der Waals surface area contributed by atoms with Gasteiger partial charge in [-0.25, -0.2) is 0 Å². The molecule has 1 saturated carbocycles. The summed E-state index contributed by atoms with van der Waals surface area (Å²) in [5, 5.41) is 3.20. The zero-order valence-corrected chi connectivity index (χ0v) is 15.0. The Labute approximate surface area is 145 Å². The van der Waals surface area contributed by atoms with Gasteiger partial charge in [-0.15, -0.1) is 0 Å². The smallest absolute Gasteiger partial charge is 0.223 e. The molecule has 4 heteroatoms. The molecule has 0 aromatic heterocycles. The maximum absolute atomic E-state index is 12.4. The van der Waals surface area contributed by atoms with E-state index in [1.54, 1.807) is 7.11 Å². The molecule has 1 aliphatic heterocycles. The van der Waals surface area contributed by atoms with Crippen LogP contribution in [0.5, 0.6) is 0 Å². The molecule has 1 aromatic carbocycles. The van der Waals surface area contributed by atoms with Gasteiger partial charge in [-0.1, -0.05) is 29.8 Å². The van der Waals surface area contributed by atoms with Crippen molar-refractivity contribution < 1.29 is 9.53 Å². The van der Waals surface area contributed by atoms with E-state index in [2.05, 4.69) is 41.4 Å². The molecular weight excluding hydrogens is 300 g/mol. The molecule has 1 heterocycles. The number of carbonyl (C=O) groups excluding carboxylic acids is 1. The SMILES string of the molecule is COCCN1CCC(CNC(=O)C2CC2c2cccc(C)c2)CC1. The molecule has 0 radical (unpaired) electrons. The number of ether oxygens (including phenoxy) is 1. The van der Waals surface area contributed by atoms with Gasteiger partial charge in [-0.2, -0.15) is 0 Å². The van der Waals surface area contributed by atoms with Gasteiger partial charge in [0.25, 0.3) is 0 Å². The van der Waals surface area contributed by atoms with Gasteiger partial charge in [0.15, 0.2) is 0 Å². The van der Waals surface area contributed by atoms with Gasteiger partial charge >= 0.3 is 0 Å². The van der Waals surface area contributed by atoms with Gasteiger partial charge in [0, 0.05) is 26.1 Å². The van der Waals surface area contributed by atoms with Crippen LogP contribution in [0.1, 0.15) is 36.3 Å². The summed E-state index contributed by atoms with van der Waals surface area (Å²) in [7, 11) is 1.75. The van der Waals surface area contributed by atoms with Crippen molar-refractivity contribution >= 4 is 5.91 Å². The monoisotopic (exact) mass is 330 g/mol. The molecule has 2 aliphatic rings. The molecule has 0 bridgehead atoms. The first kappa shape index (κ1) is 17.4. The molecule has 2 atom stereocenters. The number of methoxy groups -OCH3 is 1. The Balaban J connectivity index is 1.37. The van der Waals surface area contributed by atoms with E-state index >= 15 is 0 Å². The van der Waals surface area contributed by atoms with Crippen LogP contribution < -0.4 is 5.32 Å². The maximum Gasteiger partial charge on any atom is 0.223 e. The molecule has 4 nitrogen and oxygen atoms in total. The lowest BCUT2D eigenvalue weighted by Gasteiger charge is -2.31. The van der Waals surface area contributed by atoms with Crippen molar-refractivity contribution in [2.45, 2.75) is 32.1 Å². The third kappa shape index (κ3) is 4.58. The molecule has 0 spiro atoms. The summed E-state index contributed by atoms with van der Waals surface area (Å²) >= 11 is 0. The summed E-state index contributed by atoms with van der Waals surface area (Å²) in [6, 6.07) is 8.57. The standard InChI is InChI=1S/C20H30N2O2/c1-15-4-3-5-17(12-15)18-13-19(18)20(23)21-14-16-6-8-22(9-7-16)10-11-24-2/h3-5,12,16,18-19H,6-11,13-14H2,1-2H3,(H,21,23). The molecule has 1 aliphatic carbocycles. The lowest BCUT2D eigenvalue weighted by molar-refractivity contribution is -0.122. The minimum absolute atomic E-state index is 0.189. The number of aryl methyl sites for hydroxylation is 1. The number of likely N-dealkylation sites (tertiary alicyclic amines) is 1. The van der Waals surface area contributed by atoms with E-state index in [4.69, 9.17) is 4.74 Å². The van der Waals surface area contributed by atoms with Crippen molar-refractivity contribution in [1.82, 2.24) is 10.2 Å². The second-order valence-electron chi connectivity index (χ2n) is 7.39. The topological polar surface area (TPSA) is 41.6 Å². The van der Waals surface area contributed by atoms with Crippen LogP contribution in [0.25, 0.3) is 0 Å². The molecule has 1 aromatic rings. The quantitative estimate of drug-likeness (QED) is 0.835. The summed E-state index contributed by atoms with van der Waals surface area (Å²) in [5.41, 5.74) is 2.60. The molecule has 2 fully saturated rings. The van der Waals surface area contributed by atoms with Crippen LogP contribution in [0.2, 0.25) is 0 Å². The predicted molar refractivity (Wildman–Crippen MR) is 96.1 cm³/mol. The first-order valence-corrected chi connectivity index (χ1v) is 9.23. The number of rotatable bonds is 7. The van der Waals surface area contributed by atoms with Crippen molar-refractivity contribution in [3.8, 4) is 0 Å². The second kappa shape index (κ2) is 8.13. The van der Waals surface area contributed by atoms with Gasteiger partial charge in [-0.3, -0.25) is 4.79 Å². The highest BCUT2D eigenvalue weighted by molar-refractivity contribution is 5.82. The summed E-state index contributed by atoms with van der Waals surface area (Å²) in [6.07, 6.45) is 3.36. The van der Waals surface area contributed by atoms with E-state index in [9.17, 15) is 4.79 Å². The minimum Gasteiger partial charge on any atom is -0.383 e. The summed E-state index contributed by atoms with van der Waals surface area (Å²) in [5.74, 6) is 1.50. The van der Waals surface area contributed by atoms with Gasteiger partial charge in [0.1, 0.15) is 0 Å². The molecule has 24 heavy (non-hydrogen) atoms. The molecule has 1 amide bonds. The molecule has 1 saturated heterocycles. The fraction of sp³-hybridized carbons (Fsp3) is 0.650. The van der Waals surface area contributed by atoms with Crippen LogP contribution in [-0.2, 0) is 9.53 Å². The van der Waals surface area contributed by atoms with Gasteiger partial charge in [0.05, 0.1) is 6.61 Å². The van der Waals surface area contributed by atoms with E-state index in [0.29, 0.717) is 11.8 Å². The Kier molecular flexibility index (Phi) is 5.90. The zero-order chi connectivity index (χ0) is 16.9. The number of benzene rings is 1. The lowest BCUT2D eigenvalue weighted by Crippen LogP contribution is -2.40. The highest BCUT2D eigenvalue weighted by Crippen LogP contribution is 2.47. The van der Waals surface area contributed by atoms with Crippen molar-refractivity contribution in [1.29, 1.82) is 0 Å². The zero-order valence-electron chi connectivity index (χ0n) is 15.0. The third-order valence-corrected chi connectivity index (χ3v) is 5.48. The number of nitrogens with zero attached hydrogens (tertiary/aromatic N) is 1. The molecule has 2 unspecified atom stereocenters. The Morgan fingerprint density at radius 2 is 2.12 bits per heavy atom. The number of amides is 1. The Morgan fingerprint density at radius 3 is 2.83 bits per heavy atom. The largest absolute Gasteiger partial charge is 0.383 e. The van der Waals surface area contributed by atoms with E-state index in [-0.39, 0.29) is 11.8 Å². The average Bonchev–Trinajstić information content (AvgIpc) is 3.39. The first-order chi connectivity index (χ1) is 11.7. The summed E-state index contributed by atoms with van der Waals surface area (Å²) in [4.78, 5) is 14.8. The third-order valence-electron chi connectivity index (χ3n) is 5.48. The lowest BCUT2D eigenvalue weighted by atomic mass is 9.96. The second-order valence-corrected chi connectivity index (χ2v) is 7.39. The molecule has 132 valence electrons. The Hall–Kier alpha value is -1.39. The first-order valence-electron chi connectivity index (χ1n) is 9.23. The fourth-order valence-corrected chi connectivity index (χ4v) is 3.76. The number of piperidine rings is 1. The van der Waals surface area contributed by atoms with Gasteiger partial charge < -0.3 is 15.0 Å². The van der Waals surface area contributed by atoms with Crippen molar-refractivity contribution in [2.24, 2.45) is 11.8 Å². The van der Waals surface area contributed by atoms with Crippen molar-refractivity contribution in [3.63, 3.8) is 0 Å². The number of hydrogen-bond donors (Lipinski definition) is 1. The van der Waals surface area contributed by atoms with Crippen LogP contribution in [0.4, 0.5) is 0 Å². The number of hydrogen-bond acceptors (Lipinski definition) is 3. The molecule has 3 rings (SSSR count). The Bertz CT molecular complexity index is 552. The van der Waals surface area contributed by atoms with E-state index in [0.717, 1.165) is 39.2 Å². The molecular formula is C20H30N2O2. The average molecular weight is 330 g/mol. The van der Waals surface area contributed by atoms with Crippen molar-refractivity contribution in [2.75, 3.05) is 39.9 Å². The molecule has 1 N–H and O–H groups in total. The number of carbonyl (C=O) groups is 1. The maximum atomic E-state index is 12.4. The Morgan fingerprint density at radius 1 is 1.33 bits per heavy atom. The van der Waals surface area contributed by atoms with Crippen molar-refractivity contribution in [3.05, 3.63) is 35.4 Å². The van der Waals surface area contributed by atoms with Gasteiger partial charge in [0.2, 0.25) is 5.91 Å². The van der Waals surface area contributed by atoms with E-state index in [1.165, 1.54) is 24.0 Å². The van der Waals surface area contributed by atoms with E-state index < -0.39 is 0 Å². The normalized spacial score (nSPS) is 24.8. The highest BCUT2D eigenvalue weighted by Gasteiger charge is 2.43.